The zero-order chi connectivity index (χ0) is 19.6. The van der Waals surface area contributed by atoms with Gasteiger partial charge in [0.15, 0.2) is 0 Å². The number of methoxy groups -OCH3 is 1. The SMILES string of the molecule is COc1ccc(OCCCC(=O)Nc2ccc(C(=O)OC(C)C)cc2)cc1. The van der Waals surface area contributed by atoms with E-state index in [2.05, 4.69) is 5.32 Å². The van der Waals surface area contributed by atoms with Crippen LogP contribution in [-0.2, 0) is 9.53 Å². The standard InChI is InChI=1S/C21H25NO5/c1-15(2)27-21(24)16-6-8-17(9-7-16)22-20(23)5-4-14-26-19-12-10-18(25-3)11-13-19/h6-13,15H,4-5,14H2,1-3H3,(H,22,23). The van der Waals surface area contributed by atoms with Gasteiger partial charge in [-0.1, -0.05) is 0 Å². The fourth-order valence-electron chi connectivity index (χ4n) is 2.29. The number of hydrogen-bond acceptors (Lipinski definition) is 5. The molecule has 2 aromatic carbocycles. The number of anilines is 1. The third-order valence-corrected chi connectivity index (χ3v) is 3.62. The smallest absolute Gasteiger partial charge is 0.338 e. The Hall–Kier alpha value is -3.02. The van der Waals surface area contributed by atoms with Crippen LogP contribution < -0.4 is 14.8 Å². The molecule has 0 aliphatic carbocycles. The molecule has 2 rings (SSSR count). The predicted molar refractivity (Wildman–Crippen MR) is 103 cm³/mol. The Bertz CT molecular complexity index is 738. The quantitative estimate of drug-likeness (QED) is 0.531. The number of carbonyl (C=O) groups is 2. The van der Waals surface area contributed by atoms with E-state index >= 15 is 0 Å². The number of nitrogens with one attached hydrogen (secondary N) is 1. The highest BCUT2D eigenvalue weighted by molar-refractivity contribution is 5.93. The minimum atomic E-state index is -0.376. The summed E-state index contributed by atoms with van der Waals surface area (Å²) in [5, 5.41) is 2.80. The van der Waals surface area contributed by atoms with Crippen LogP contribution in [0.1, 0.15) is 37.0 Å². The first-order chi connectivity index (χ1) is 13.0. The van der Waals surface area contributed by atoms with Crippen LogP contribution in [-0.4, -0.2) is 31.7 Å². The van der Waals surface area contributed by atoms with Gasteiger partial charge in [-0.05, 0) is 68.8 Å². The molecule has 0 unspecified atom stereocenters. The molecule has 0 aliphatic rings. The van der Waals surface area contributed by atoms with E-state index in [4.69, 9.17) is 14.2 Å². The number of esters is 1. The maximum Gasteiger partial charge on any atom is 0.338 e. The van der Waals surface area contributed by atoms with Crippen molar-refractivity contribution in [3.8, 4) is 11.5 Å². The third kappa shape index (κ3) is 7.01. The number of ether oxygens (including phenoxy) is 3. The van der Waals surface area contributed by atoms with Crippen molar-refractivity contribution in [2.75, 3.05) is 19.0 Å². The molecule has 0 fully saturated rings. The van der Waals surface area contributed by atoms with Crippen molar-refractivity contribution < 1.29 is 23.8 Å². The Kier molecular flexibility index (Phi) is 7.67. The summed E-state index contributed by atoms with van der Waals surface area (Å²) in [5.74, 6) is 1.02. The Morgan fingerprint density at radius 2 is 1.59 bits per heavy atom. The molecule has 27 heavy (non-hydrogen) atoms. The van der Waals surface area contributed by atoms with Crippen LogP contribution in [0.3, 0.4) is 0 Å². The molecule has 1 N–H and O–H groups in total. The molecule has 0 spiro atoms. The minimum Gasteiger partial charge on any atom is -0.497 e. The first-order valence-electron chi connectivity index (χ1n) is 8.85. The maximum atomic E-state index is 12.0. The molecule has 0 radical (unpaired) electrons. The second-order valence-corrected chi connectivity index (χ2v) is 6.21. The summed E-state index contributed by atoms with van der Waals surface area (Å²) in [5.41, 5.74) is 1.09. The molecular formula is C21H25NO5. The van der Waals surface area contributed by atoms with Crippen molar-refractivity contribution in [2.24, 2.45) is 0 Å². The molecule has 2 aromatic rings. The Morgan fingerprint density at radius 3 is 2.19 bits per heavy atom. The number of amides is 1. The van der Waals surface area contributed by atoms with Gasteiger partial charge in [-0.25, -0.2) is 4.79 Å². The van der Waals surface area contributed by atoms with Crippen LogP contribution in [0.5, 0.6) is 11.5 Å². The van der Waals surface area contributed by atoms with Crippen LogP contribution in [0, 0.1) is 0 Å². The van der Waals surface area contributed by atoms with E-state index in [1.165, 1.54) is 0 Å². The number of hydrogen-bond donors (Lipinski definition) is 1. The summed E-state index contributed by atoms with van der Waals surface area (Å²) in [6.45, 7) is 4.04. The van der Waals surface area contributed by atoms with Crippen LogP contribution in [0.2, 0.25) is 0 Å². The Balaban J connectivity index is 1.71. The Labute approximate surface area is 159 Å². The fraction of sp³-hybridized carbons (Fsp3) is 0.333. The summed E-state index contributed by atoms with van der Waals surface area (Å²) in [6, 6.07) is 13.9. The molecule has 0 heterocycles. The average molecular weight is 371 g/mol. The molecule has 144 valence electrons. The highest BCUT2D eigenvalue weighted by Gasteiger charge is 2.09. The van der Waals surface area contributed by atoms with Gasteiger partial charge in [0.05, 0.1) is 25.4 Å². The van der Waals surface area contributed by atoms with Crippen molar-refractivity contribution in [3.63, 3.8) is 0 Å². The number of rotatable bonds is 9. The average Bonchev–Trinajstić information content (AvgIpc) is 2.65. The van der Waals surface area contributed by atoms with Crippen LogP contribution in [0.15, 0.2) is 48.5 Å². The topological polar surface area (TPSA) is 73.9 Å². The van der Waals surface area contributed by atoms with E-state index in [9.17, 15) is 9.59 Å². The van der Waals surface area contributed by atoms with Crippen molar-refractivity contribution >= 4 is 17.6 Å². The van der Waals surface area contributed by atoms with Gasteiger partial charge in [0.1, 0.15) is 11.5 Å². The van der Waals surface area contributed by atoms with Gasteiger partial charge >= 0.3 is 5.97 Å². The van der Waals surface area contributed by atoms with E-state index in [1.54, 1.807) is 45.2 Å². The van der Waals surface area contributed by atoms with Crippen LogP contribution in [0.4, 0.5) is 5.69 Å². The van der Waals surface area contributed by atoms with Gasteiger partial charge in [0, 0.05) is 12.1 Å². The lowest BCUT2D eigenvalue weighted by molar-refractivity contribution is -0.116. The van der Waals surface area contributed by atoms with E-state index in [1.807, 2.05) is 24.3 Å². The van der Waals surface area contributed by atoms with Gasteiger partial charge in [0.25, 0.3) is 0 Å². The molecule has 6 nitrogen and oxygen atoms in total. The molecule has 0 aromatic heterocycles. The lowest BCUT2D eigenvalue weighted by atomic mass is 10.2. The molecule has 1 amide bonds. The normalized spacial score (nSPS) is 10.4. The van der Waals surface area contributed by atoms with Crippen molar-refractivity contribution in [1.29, 1.82) is 0 Å². The first-order valence-corrected chi connectivity index (χ1v) is 8.85. The summed E-state index contributed by atoms with van der Waals surface area (Å²) in [6.07, 6.45) is 0.765. The molecule has 0 atom stereocenters. The van der Waals surface area contributed by atoms with Crippen molar-refractivity contribution in [1.82, 2.24) is 0 Å². The highest BCUT2D eigenvalue weighted by Crippen LogP contribution is 2.17. The molecule has 0 aliphatic heterocycles. The van der Waals surface area contributed by atoms with Crippen LogP contribution in [0.25, 0.3) is 0 Å². The van der Waals surface area contributed by atoms with Crippen LogP contribution >= 0.6 is 0 Å². The lowest BCUT2D eigenvalue weighted by Gasteiger charge is -2.09. The molecule has 0 saturated carbocycles. The van der Waals surface area contributed by atoms with Crippen molar-refractivity contribution in [3.05, 3.63) is 54.1 Å². The summed E-state index contributed by atoms with van der Waals surface area (Å²) >= 11 is 0. The van der Waals surface area contributed by atoms with E-state index in [0.717, 1.165) is 11.5 Å². The maximum absolute atomic E-state index is 12.0. The van der Waals surface area contributed by atoms with Gasteiger partial charge in [-0.15, -0.1) is 0 Å². The van der Waals surface area contributed by atoms with Gasteiger partial charge in [-0.2, -0.15) is 0 Å². The number of benzene rings is 2. The predicted octanol–water partition coefficient (Wildman–Crippen LogP) is 4.06. The third-order valence-electron chi connectivity index (χ3n) is 3.62. The fourth-order valence-corrected chi connectivity index (χ4v) is 2.29. The molecular weight excluding hydrogens is 346 g/mol. The van der Waals surface area contributed by atoms with Crippen molar-refractivity contribution in [2.45, 2.75) is 32.8 Å². The van der Waals surface area contributed by atoms with E-state index in [-0.39, 0.29) is 18.0 Å². The van der Waals surface area contributed by atoms with E-state index in [0.29, 0.717) is 30.7 Å². The zero-order valence-corrected chi connectivity index (χ0v) is 15.9. The lowest BCUT2D eigenvalue weighted by Crippen LogP contribution is -2.14. The second-order valence-electron chi connectivity index (χ2n) is 6.21. The highest BCUT2D eigenvalue weighted by atomic mass is 16.5. The van der Waals surface area contributed by atoms with Gasteiger partial charge in [-0.3, -0.25) is 4.79 Å². The van der Waals surface area contributed by atoms with Gasteiger partial charge < -0.3 is 19.5 Å². The van der Waals surface area contributed by atoms with E-state index < -0.39 is 0 Å². The zero-order valence-electron chi connectivity index (χ0n) is 15.9. The monoisotopic (exact) mass is 371 g/mol. The summed E-state index contributed by atoms with van der Waals surface area (Å²) in [4.78, 5) is 23.8. The largest absolute Gasteiger partial charge is 0.497 e. The summed E-state index contributed by atoms with van der Waals surface area (Å²) < 4.78 is 15.8. The summed E-state index contributed by atoms with van der Waals surface area (Å²) in [7, 11) is 1.61. The second kappa shape index (κ2) is 10.2. The number of carbonyl (C=O) groups excluding carboxylic acids is 2. The first kappa shape index (κ1) is 20.3. The molecule has 0 bridgehead atoms. The van der Waals surface area contributed by atoms with Gasteiger partial charge in [0.2, 0.25) is 5.91 Å². The molecule has 0 saturated heterocycles. The molecule has 6 heteroatoms. The minimum absolute atomic E-state index is 0.106. The Morgan fingerprint density at radius 1 is 0.963 bits per heavy atom.